The largest absolute Gasteiger partial charge is 0.447 e. The Labute approximate surface area is 100 Å². The first-order chi connectivity index (χ1) is 8.07. The lowest BCUT2D eigenvalue weighted by Gasteiger charge is -2.28. The molecule has 0 unspecified atom stereocenters. The van der Waals surface area contributed by atoms with Crippen LogP contribution in [-0.2, 0) is 14.2 Å². The van der Waals surface area contributed by atoms with Crippen molar-refractivity contribution in [3.63, 3.8) is 0 Å². The van der Waals surface area contributed by atoms with Gasteiger partial charge in [-0.1, -0.05) is 12.2 Å². The van der Waals surface area contributed by atoms with Crippen molar-refractivity contribution in [2.24, 2.45) is 0 Å². The second kappa shape index (κ2) is 3.71. The second-order valence-corrected chi connectivity index (χ2v) is 5.12. The predicted molar refractivity (Wildman–Crippen MR) is 59.4 cm³/mol. The molecule has 3 aliphatic heterocycles. The SMILES string of the molecule is CC1(C)O[C@@H]2[C@H]3COC(=O)N3CC/C=C\[C@H]2O1. The van der Waals surface area contributed by atoms with Crippen LogP contribution in [0.2, 0.25) is 0 Å². The minimum Gasteiger partial charge on any atom is -0.447 e. The Bertz CT molecular complexity index is 366. The molecule has 0 aromatic carbocycles. The number of hydrogen-bond donors (Lipinski definition) is 0. The van der Waals surface area contributed by atoms with Crippen LogP contribution in [0.5, 0.6) is 0 Å². The molecule has 5 heteroatoms. The standard InChI is InChI=1S/C12H17NO4/c1-12(2)16-9-5-3-4-6-13-8(10(9)17-12)7-15-11(13)14/h3,5,8-10H,4,6-7H2,1-2H3/b5-3-/t8-,9-,10-/m1/s1. The van der Waals surface area contributed by atoms with Crippen LogP contribution in [0, 0.1) is 0 Å². The quantitative estimate of drug-likeness (QED) is 0.598. The molecule has 2 saturated heterocycles. The molecule has 94 valence electrons. The van der Waals surface area contributed by atoms with E-state index in [4.69, 9.17) is 14.2 Å². The van der Waals surface area contributed by atoms with Crippen LogP contribution in [0.4, 0.5) is 4.79 Å². The maximum atomic E-state index is 11.6. The van der Waals surface area contributed by atoms with E-state index in [1.54, 1.807) is 4.90 Å². The fraction of sp³-hybridized carbons (Fsp3) is 0.750. The molecule has 1 amide bonds. The molecule has 3 aliphatic rings. The average Bonchev–Trinajstić information content (AvgIpc) is 2.72. The molecule has 0 bridgehead atoms. The van der Waals surface area contributed by atoms with Gasteiger partial charge in [0, 0.05) is 6.54 Å². The Balaban J connectivity index is 1.90. The number of carbonyl (C=O) groups is 1. The van der Waals surface area contributed by atoms with Gasteiger partial charge < -0.3 is 14.2 Å². The van der Waals surface area contributed by atoms with Crippen molar-refractivity contribution in [2.45, 2.75) is 44.3 Å². The molecule has 3 rings (SSSR count). The maximum absolute atomic E-state index is 11.6. The van der Waals surface area contributed by atoms with E-state index in [1.807, 2.05) is 26.0 Å². The van der Waals surface area contributed by atoms with Crippen LogP contribution in [0.15, 0.2) is 12.2 Å². The van der Waals surface area contributed by atoms with E-state index in [-0.39, 0.29) is 24.3 Å². The van der Waals surface area contributed by atoms with Gasteiger partial charge in [-0.15, -0.1) is 0 Å². The van der Waals surface area contributed by atoms with Gasteiger partial charge in [-0.3, -0.25) is 4.90 Å². The van der Waals surface area contributed by atoms with E-state index >= 15 is 0 Å². The highest BCUT2D eigenvalue weighted by Crippen LogP contribution is 2.35. The lowest BCUT2D eigenvalue weighted by Crippen LogP contribution is -2.47. The van der Waals surface area contributed by atoms with Gasteiger partial charge in [0.15, 0.2) is 5.79 Å². The summed E-state index contributed by atoms with van der Waals surface area (Å²) >= 11 is 0. The van der Waals surface area contributed by atoms with Crippen molar-refractivity contribution < 1.29 is 19.0 Å². The van der Waals surface area contributed by atoms with Gasteiger partial charge in [-0.2, -0.15) is 0 Å². The monoisotopic (exact) mass is 239 g/mol. The fourth-order valence-electron chi connectivity index (χ4n) is 2.70. The number of rotatable bonds is 0. The Kier molecular flexibility index (Phi) is 2.41. The summed E-state index contributed by atoms with van der Waals surface area (Å²) in [5, 5.41) is 0. The number of cyclic esters (lactones) is 1. The van der Waals surface area contributed by atoms with Gasteiger partial charge in [0.05, 0.1) is 6.04 Å². The number of nitrogens with zero attached hydrogens (tertiary/aromatic N) is 1. The molecule has 5 nitrogen and oxygen atoms in total. The van der Waals surface area contributed by atoms with E-state index in [0.29, 0.717) is 13.2 Å². The number of hydrogen-bond acceptors (Lipinski definition) is 4. The first-order valence-corrected chi connectivity index (χ1v) is 6.02. The molecule has 17 heavy (non-hydrogen) atoms. The van der Waals surface area contributed by atoms with Gasteiger partial charge in [0.2, 0.25) is 0 Å². The Morgan fingerprint density at radius 2 is 2.24 bits per heavy atom. The molecule has 3 heterocycles. The third kappa shape index (κ3) is 1.83. The number of amides is 1. The van der Waals surface area contributed by atoms with Gasteiger partial charge in [-0.25, -0.2) is 4.79 Å². The van der Waals surface area contributed by atoms with Gasteiger partial charge in [0.25, 0.3) is 0 Å². The Hall–Kier alpha value is -1.07. The van der Waals surface area contributed by atoms with Crippen LogP contribution in [-0.4, -0.2) is 48.2 Å². The van der Waals surface area contributed by atoms with Crippen LogP contribution >= 0.6 is 0 Å². The summed E-state index contributed by atoms with van der Waals surface area (Å²) in [5.74, 6) is -0.596. The summed E-state index contributed by atoms with van der Waals surface area (Å²) in [6.45, 7) is 4.88. The Morgan fingerprint density at radius 1 is 1.41 bits per heavy atom. The summed E-state index contributed by atoms with van der Waals surface area (Å²) in [5.41, 5.74) is 0. The van der Waals surface area contributed by atoms with E-state index in [2.05, 4.69) is 0 Å². The molecule has 0 saturated carbocycles. The van der Waals surface area contributed by atoms with E-state index in [9.17, 15) is 4.79 Å². The molecule has 0 aliphatic carbocycles. The molecular weight excluding hydrogens is 222 g/mol. The lowest BCUT2D eigenvalue weighted by molar-refractivity contribution is -0.147. The third-order valence-electron chi connectivity index (χ3n) is 3.42. The summed E-state index contributed by atoms with van der Waals surface area (Å²) in [6.07, 6.45) is 4.46. The lowest BCUT2D eigenvalue weighted by atomic mass is 10.0. The molecule has 0 radical (unpaired) electrons. The van der Waals surface area contributed by atoms with Crippen LogP contribution < -0.4 is 0 Å². The van der Waals surface area contributed by atoms with E-state index in [1.165, 1.54) is 0 Å². The van der Waals surface area contributed by atoms with Gasteiger partial charge >= 0.3 is 6.09 Å². The maximum Gasteiger partial charge on any atom is 0.410 e. The van der Waals surface area contributed by atoms with Crippen molar-refractivity contribution in [1.29, 1.82) is 0 Å². The zero-order chi connectivity index (χ0) is 12.0. The average molecular weight is 239 g/mol. The first-order valence-electron chi connectivity index (χ1n) is 6.02. The molecule has 0 aromatic heterocycles. The highest BCUT2D eigenvalue weighted by atomic mass is 16.8. The number of fused-ring (bicyclic) bond motifs is 3. The van der Waals surface area contributed by atoms with Crippen molar-refractivity contribution in [1.82, 2.24) is 4.90 Å². The minimum atomic E-state index is -0.596. The highest BCUT2D eigenvalue weighted by molar-refractivity contribution is 5.70. The smallest absolute Gasteiger partial charge is 0.410 e. The Morgan fingerprint density at radius 3 is 3.06 bits per heavy atom. The molecule has 0 aromatic rings. The summed E-state index contributed by atoms with van der Waals surface area (Å²) < 4.78 is 16.8. The van der Waals surface area contributed by atoms with Gasteiger partial charge in [-0.05, 0) is 20.3 Å². The van der Waals surface area contributed by atoms with Crippen LogP contribution in [0.3, 0.4) is 0 Å². The highest BCUT2D eigenvalue weighted by Gasteiger charge is 2.50. The van der Waals surface area contributed by atoms with Crippen molar-refractivity contribution in [3.05, 3.63) is 12.2 Å². The van der Waals surface area contributed by atoms with E-state index in [0.717, 1.165) is 6.42 Å². The van der Waals surface area contributed by atoms with Crippen LogP contribution in [0.1, 0.15) is 20.3 Å². The summed E-state index contributed by atoms with van der Waals surface area (Å²) in [6, 6.07) is -0.0285. The first kappa shape index (κ1) is 11.0. The van der Waals surface area contributed by atoms with Gasteiger partial charge in [0.1, 0.15) is 18.8 Å². The molecule has 2 fully saturated rings. The van der Waals surface area contributed by atoms with Crippen molar-refractivity contribution in [2.75, 3.05) is 13.2 Å². The molecule has 0 N–H and O–H groups in total. The fourth-order valence-corrected chi connectivity index (χ4v) is 2.70. The third-order valence-corrected chi connectivity index (χ3v) is 3.42. The zero-order valence-electron chi connectivity index (χ0n) is 10.1. The molecule has 3 atom stereocenters. The number of ether oxygens (including phenoxy) is 3. The predicted octanol–water partition coefficient (Wildman–Crippen LogP) is 1.29. The van der Waals surface area contributed by atoms with E-state index < -0.39 is 5.79 Å². The summed E-state index contributed by atoms with van der Waals surface area (Å²) in [7, 11) is 0. The van der Waals surface area contributed by atoms with Crippen LogP contribution in [0.25, 0.3) is 0 Å². The summed E-state index contributed by atoms with van der Waals surface area (Å²) in [4.78, 5) is 13.4. The second-order valence-electron chi connectivity index (χ2n) is 5.12. The van der Waals surface area contributed by atoms with Crippen molar-refractivity contribution >= 4 is 6.09 Å². The minimum absolute atomic E-state index is 0.0285. The number of carbonyl (C=O) groups excluding carboxylic acids is 1. The molecular formula is C12H17NO4. The molecule has 0 spiro atoms. The zero-order valence-corrected chi connectivity index (χ0v) is 10.1. The topological polar surface area (TPSA) is 48.0 Å². The van der Waals surface area contributed by atoms with Crippen molar-refractivity contribution in [3.8, 4) is 0 Å². The normalized spacial score (nSPS) is 41.2.